The molecule has 8 heteroatoms. The van der Waals surface area contributed by atoms with Crippen LogP contribution >= 0.6 is 0 Å². The maximum Gasteiger partial charge on any atom is 0.274 e. The van der Waals surface area contributed by atoms with Crippen molar-refractivity contribution in [3.63, 3.8) is 0 Å². The first kappa shape index (κ1) is 18.6. The average Bonchev–Trinajstić information content (AvgIpc) is 3.18. The highest BCUT2D eigenvalue weighted by atomic mass is 16.2. The van der Waals surface area contributed by atoms with E-state index in [-0.39, 0.29) is 11.9 Å². The topological polar surface area (TPSA) is 105 Å². The number of rotatable bonds is 3. The maximum absolute atomic E-state index is 12.6. The predicted octanol–water partition coefficient (Wildman–Crippen LogP) is 0.0417. The van der Waals surface area contributed by atoms with Crippen molar-refractivity contribution in [1.82, 2.24) is 20.0 Å². The number of amides is 1. The van der Waals surface area contributed by atoms with Crippen LogP contribution in [-0.4, -0.2) is 83.3 Å². The SMILES string of the molecule is NC1CCN(C2CCN(c3ccc(C(=O)N4CCCC(N)C4)nn3)C2)CC1. The van der Waals surface area contributed by atoms with Crippen LogP contribution in [0.4, 0.5) is 5.82 Å². The van der Waals surface area contributed by atoms with Crippen LogP contribution in [0, 0.1) is 0 Å². The molecule has 2 unspecified atom stereocenters. The van der Waals surface area contributed by atoms with E-state index in [1.54, 1.807) is 11.0 Å². The van der Waals surface area contributed by atoms with Gasteiger partial charge in [-0.2, -0.15) is 0 Å². The van der Waals surface area contributed by atoms with Crippen LogP contribution in [0.5, 0.6) is 0 Å². The van der Waals surface area contributed by atoms with Crippen LogP contribution in [-0.2, 0) is 0 Å². The van der Waals surface area contributed by atoms with Crippen LogP contribution in [0.2, 0.25) is 0 Å². The van der Waals surface area contributed by atoms with Crippen LogP contribution in [0.25, 0.3) is 0 Å². The Bertz CT molecular complexity index is 644. The van der Waals surface area contributed by atoms with Gasteiger partial charge in [0.25, 0.3) is 5.91 Å². The highest BCUT2D eigenvalue weighted by Crippen LogP contribution is 2.23. The lowest BCUT2D eigenvalue weighted by molar-refractivity contribution is 0.0701. The quantitative estimate of drug-likeness (QED) is 0.771. The minimum atomic E-state index is -0.0619. The molecule has 4 rings (SSSR count). The number of anilines is 1. The van der Waals surface area contributed by atoms with E-state index in [9.17, 15) is 4.79 Å². The Morgan fingerprint density at radius 1 is 0.926 bits per heavy atom. The van der Waals surface area contributed by atoms with E-state index < -0.39 is 0 Å². The molecule has 8 nitrogen and oxygen atoms in total. The molecule has 4 N–H and O–H groups in total. The number of aromatic nitrogens is 2. The molecule has 1 aromatic rings. The van der Waals surface area contributed by atoms with Crippen molar-refractivity contribution in [3.05, 3.63) is 17.8 Å². The van der Waals surface area contributed by atoms with E-state index in [0.29, 0.717) is 24.3 Å². The Hall–Kier alpha value is -1.77. The average molecular weight is 374 g/mol. The number of nitrogens with two attached hydrogens (primary N) is 2. The summed E-state index contributed by atoms with van der Waals surface area (Å²) in [7, 11) is 0. The fourth-order valence-electron chi connectivity index (χ4n) is 4.50. The first-order valence-electron chi connectivity index (χ1n) is 10.2. The third-order valence-electron chi connectivity index (χ3n) is 6.19. The number of carbonyl (C=O) groups is 1. The molecular weight excluding hydrogens is 342 g/mol. The summed E-state index contributed by atoms with van der Waals surface area (Å²) in [5, 5.41) is 8.56. The van der Waals surface area contributed by atoms with Crippen molar-refractivity contribution < 1.29 is 4.79 Å². The van der Waals surface area contributed by atoms with E-state index in [1.807, 2.05) is 6.07 Å². The number of carbonyl (C=O) groups excluding carboxylic acids is 1. The van der Waals surface area contributed by atoms with Crippen molar-refractivity contribution in [2.45, 2.75) is 50.2 Å². The molecule has 148 valence electrons. The third kappa shape index (κ3) is 4.23. The summed E-state index contributed by atoms with van der Waals surface area (Å²) in [6.45, 7) is 5.50. The van der Waals surface area contributed by atoms with Crippen molar-refractivity contribution in [3.8, 4) is 0 Å². The van der Waals surface area contributed by atoms with E-state index in [4.69, 9.17) is 11.5 Å². The highest BCUT2D eigenvalue weighted by Gasteiger charge is 2.31. The molecule has 4 heterocycles. The van der Waals surface area contributed by atoms with Gasteiger partial charge in [-0.3, -0.25) is 9.69 Å². The molecule has 3 aliphatic heterocycles. The lowest BCUT2D eigenvalue weighted by atomic mass is 10.0. The summed E-state index contributed by atoms with van der Waals surface area (Å²) in [5.74, 6) is 0.797. The number of piperidine rings is 2. The lowest BCUT2D eigenvalue weighted by Gasteiger charge is -2.34. The number of hydrogen-bond donors (Lipinski definition) is 2. The molecule has 3 aliphatic rings. The van der Waals surface area contributed by atoms with Gasteiger partial charge in [-0.25, -0.2) is 0 Å². The Labute approximate surface area is 160 Å². The first-order valence-corrected chi connectivity index (χ1v) is 10.2. The minimum absolute atomic E-state index is 0.0619. The van der Waals surface area contributed by atoms with Crippen LogP contribution in [0.3, 0.4) is 0 Å². The molecule has 0 radical (unpaired) electrons. The zero-order chi connectivity index (χ0) is 18.8. The largest absolute Gasteiger partial charge is 0.354 e. The van der Waals surface area contributed by atoms with Gasteiger partial charge in [0.15, 0.2) is 11.5 Å². The first-order chi connectivity index (χ1) is 13.1. The van der Waals surface area contributed by atoms with Gasteiger partial charge >= 0.3 is 0 Å². The highest BCUT2D eigenvalue weighted by molar-refractivity contribution is 5.92. The molecule has 27 heavy (non-hydrogen) atoms. The molecule has 1 amide bonds. The van der Waals surface area contributed by atoms with Gasteiger partial charge in [0.2, 0.25) is 0 Å². The van der Waals surface area contributed by atoms with Gasteiger partial charge in [-0.1, -0.05) is 0 Å². The van der Waals surface area contributed by atoms with Crippen LogP contribution in [0.1, 0.15) is 42.6 Å². The fraction of sp³-hybridized carbons (Fsp3) is 0.737. The molecular formula is C19H31N7O. The van der Waals surface area contributed by atoms with Crippen molar-refractivity contribution >= 4 is 11.7 Å². The van der Waals surface area contributed by atoms with Crippen molar-refractivity contribution in [2.75, 3.05) is 44.2 Å². The molecule has 0 aromatic carbocycles. The van der Waals surface area contributed by atoms with Crippen molar-refractivity contribution in [2.24, 2.45) is 11.5 Å². The molecule has 3 saturated heterocycles. The summed E-state index contributed by atoms with van der Waals surface area (Å²) in [5.41, 5.74) is 12.4. The molecule has 0 aliphatic carbocycles. The smallest absolute Gasteiger partial charge is 0.274 e. The minimum Gasteiger partial charge on any atom is -0.354 e. The van der Waals surface area contributed by atoms with Crippen molar-refractivity contribution in [1.29, 1.82) is 0 Å². The zero-order valence-corrected chi connectivity index (χ0v) is 16.0. The lowest BCUT2D eigenvalue weighted by Crippen LogP contribution is -2.46. The third-order valence-corrected chi connectivity index (χ3v) is 6.19. The molecule has 0 spiro atoms. The summed E-state index contributed by atoms with van der Waals surface area (Å²) in [6.07, 6.45) is 5.26. The number of hydrogen-bond acceptors (Lipinski definition) is 7. The monoisotopic (exact) mass is 373 g/mol. The Balaban J connectivity index is 1.34. The summed E-state index contributed by atoms with van der Waals surface area (Å²) >= 11 is 0. The Morgan fingerprint density at radius 2 is 1.74 bits per heavy atom. The summed E-state index contributed by atoms with van der Waals surface area (Å²) in [4.78, 5) is 19.2. The van der Waals surface area contributed by atoms with E-state index in [1.165, 1.54) is 0 Å². The van der Waals surface area contributed by atoms with E-state index in [0.717, 1.165) is 70.6 Å². The summed E-state index contributed by atoms with van der Waals surface area (Å²) < 4.78 is 0. The van der Waals surface area contributed by atoms with Crippen LogP contribution < -0.4 is 16.4 Å². The molecule has 3 fully saturated rings. The standard InChI is InChI=1S/C19H31N7O/c20-14-5-9-24(10-6-14)16-7-11-25(13-16)18-4-3-17(22-23-18)19(27)26-8-1-2-15(21)12-26/h3-4,14-16H,1-2,5-13,20-21H2. The van der Waals surface area contributed by atoms with Gasteiger partial charge in [0.1, 0.15) is 0 Å². The normalized spacial score (nSPS) is 27.9. The second-order valence-electron chi connectivity index (χ2n) is 8.19. The maximum atomic E-state index is 12.6. The number of nitrogens with zero attached hydrogens (tertiary/aromatic N) is 5. The second kappa shape index (κ2) is 8.08. The molecule has 0 bridgehead atoms. The molecule has 0 saturated carbocycles. The summed E-state index contributed by atoms with van der Waals surface area (Å²) in [6, 6.07) is 4.73. The van der Waals surface area contributed by atoms with Gasteiger partial charge in [-0.05, 0) is 57.3 Å². The fourth-order valence-corrected chi connectivity index (χ4v) is 4.50. The van der Waals surface area contributed by atoms with Crippen LogP contribution in [0.15, 0.2) is 12.1 Å². The van der Waals surface area contributed by atoms with Gasteiger partial charge in [0.05, 0.1) is 0 Å². The Kier molecular flexibility index (Phi) is 5.56. The van der Waals surface area contributed by atoms with E-state index >= 15 is 0 Å². The zero-order valence-electron chi connectivity index (χ0n) is 16.0. The van der Waals surface area contributed by atoms with Gasteiger partial charge in [0, 0.05) is 44.3 Å². The Morgan fingerprint density at radius 3 is 2.44 bits per heavy atom. The molecule has 2 atom stereocenters. The van der Waals surface area contributed by atoms with Gasteiger partial charge in [-0.15, -0.1) is 10.2 Å². The molecule has 1 aromatic heterocycles. The number of likely N-dealkylation sites (tertiary alicyclic amines) is 2. The predicted molar refractivity (Wildman–Crippen MR) is 105 cm³/mol. The second-order valence-corrected chi connectivity index (χ2v) is 8.19. The van der Waals surface area contributed by atoms with Gasteiger partial charge < -0.3 is 21.3 Å². The van der Waals surface area contributed by atoms with E-state index in [2.05, 4.69) is 20.0 Å².